The second kappa shape index (κ2) is 19.6. The van der Waals surface area contributed by atoms with Crippen LogP contribution >= 0.6 is 22.9 Å². The number of aliphatic hydroxyl groups excluding tert-OH is 1. The molecule has 2 fully saturated rings. The Kier molecular flexibility index (Phi) is 13.6. The lowest BCUT2D eigenvalue weighted by Gasteiger charge is -2.39. The van der Waals surface area contributed by atoms with E-state index in [2.05, 4.69) is 51.1 Å². The van der Waals surface area contributed by atoms with Crippen LogP contribution < -0.4 is 19.7 Å². The van der Waals surface area contributed by atoms with Crippen LogP contribution in [0.2, 0.25) is 5.02 Å². The molecule has 6 aromatic rings. The molecular weight excluding hydrogens is 931 g/mol. The van der Waals surface area contributed by atoms with Crippen LogP contribution in [0.1, 0.15) is 61.1 Å². The minimum atomic E-state index is -4.71. The van der Waals surface area contributed by atoms with Crippen molar-refractivity contribution in [1.29, 1.82) is 0 Å². The lowest BCUT2D eigenvalue weighted by atomic mass is 9.72. The fraction of sp³-hybridized carbons (Fsp3) is 0.347. The number of nitrogens with one attached hydrogen (secondary N) is 3. The number of rotatable bonds is 14. The summed E-state index contributed by atoms with van der Waals surface area (Å²) in [5.74, 6) is -2.05. The SMILES string of the molecule is CC1(C)CCC(CN2CCN(c3ccc(C(=O)NS(=O)(=O)c4ccc(N[C@@H]5CCN(Cc6cscn6)C[C@@H]5O)c([N+](=O)[O-])c4)c(Oc4cc5cc[nH]c5cc4F)c3)CC2)=C(c2ccc(Cl)cc2)C1. The number of β-amino-alcohol motifs (C(OH)–C–C–N with tert-alkyl or cyclic N) is 1. The summed E-state index contributed by atoms with van der Waals surface area (Å²) in [7, 11) is -4.71. The molecule has 2 atom stereocenters. The molecule has 1 aliphatic carbocycles. The highest BCUT2D eigenvalue weighted by molar-refractivity contribution is 7.90. The van der Waals surface area contributed by atoms with Gasteiger partial charge in [0, 0.05) is 104 Å². The number of halogens is 2. The third-order valence-corrected chi connectivity index (χ3v) is 15.4. The molecule has 0 spiro atoms. The van der Waals surface area contributed by atoms with E-state index in [1.54, 1.807) is 29.9 Å². The maximum Gasteiger partial charge on any atom is 0.293 e. The van der Waals surface area contributed by atoms with Crippen molar-refractivity contribution < 1.29 is 32.4 Å². The van der Waals surface area contributed by atoms with Crippen LogP contribution in [-0.4, -0.2) is 102 Å². The number of aliphatic hydroxyl groups is 1. The van der Waals surface area contributed by atoms with Crippen LogP contribution in [0.3, 0.4) is 0 Å². The second-order valence-electron chi connectivity index (χ2n) is 18.5. The number of nitrogens with zero attached hydrogens (tertiary/aromatic N) is 5. The summed E-state index contributed by atoms with van der Waals surface area (Å²) in [4.78, 5) is 39.0. The zero-order valence-corrected chi connectivity index (χ0v) is 40.0. The molecule has 15 nitrogen and oxygen atoms in total. The summed E-state index contributed by atoms with van der Waals surface area (Å²) in [6.07, 6.45) is 4.35. The quantitative estimate of drug-likeness (QED) is 0.0600. The van der Waals surface area contributed by atoms with E-state index < -0.39 is 49.4 Å². The number of benzene rings is 4. The molecule has 1 amide bonds. The Morgan fingerprint density at radius 2 is 1.81 bits per heavy atom. The van der Waals surface area contributed by atoms with Crippen molar-refractivity contribution in [2.75, 3.05) is 56.0 Å². The molecule has 4 N–H and O–H groups in total. The van der Waals surface area contributed by atoms with Gasteiger partial charge in [-0.2, -0.15) is 0 Å². The molecule has 3 aliphatic rings. The van der Waals surface area contributed by atoms with Gasteiger partial charge in [-0.25, -0.2) is 22.5 Å². The van der Waals surface area contributed by atoms with Crippen LogP contribution in [0.5, 0.6) is 11.5 Å². The van der Waals surface area contributed by atoms with E-state index in [4.69, 9.17) is 16.3 Å². The highest BCUT2D eigenvalue weighted by Crippen LogP contribution is 2.44. The summed E-state index contributed by atoms with van der Waals surface area (Å²) >= 11 is 7.73. The molecule has 0 radical (unpaired) electrons. The van der Waals surface area contributed by atoms with Crippen molar-refractivity contribution >= 4 is 72.4 Å². The number of piperazine rings is 1. The van der Waals surface area contributed by atoms with E-state index in [-0.39, 0.29) is 28.2 Å². The van der Waals surface area contributed by atoms with E-state index in [0.29, 0.717) is 60.8 Å². The van der Waals surface area contributed by atoms with E-state index in [1.165, 1.54) is 52.3 Å². The standard InChI is InChI=1S/C49H52ClFN8O7S2/c1-49(2)14-11-33(39(25-49)31-3-5-34(50)6-4-31)26-56-17-19-58(20-18-56)36-7-9-38(46(22-36)66-47-21-32-12-15-52-43(32)24-40(47)51)48(61)55-68(64,65)37-8-10-41(44(23-37)59(62)63)54-42-13-16-57(28-45(42)60)27-35-29-67-30-53-35/h3-10,12,15,21-24,29-30,42,45,52,54,60H,11,13-14,16-20,25-28H2,1-2H3,(H,55,61)/t42-,45+/m1/s1. The monoisotopic (exact) mass is 982 g/mol. The number of carbonyl (C=O) groups excluding carboxylic acids is 1. The zero-order chi connectivity index (χ0) is 47.7. The number of likely N-dealkylation sites (tertiary alicyclic amines) is 1. The lowest BCUT2D eigenvalue weighted by Crippen LogP contribution is -2.49. The Balaban J connectivity index is 0.922. The molecule has 0 bridgehead atoms. The fourth-order valence-electron chi connectivity index (χ4n) is 9.37. The number of nitro groups is 1. The summed E-state index contributed by atoms with van der Waals surface area (Å²) in [6, 6.07) is 20.1. The molecule has 2 saturated heterocycles. The van der Waals surface area contributed by atoms with Gasteiger partial charge in [-0.3, -0.25) is 24.7 Å². The van der Waals surface area contributed by atoms with Crippen molar-refractivity contribution in [3.8, 4) is 11.5 Å². The van der Waals surface area contributed by atoms with Gasteiger partial charge < -0.3 is 25.0 Å². The van der Waals surface area contributed by atoms with Gasteiger partial charge in [0.25, 0.3) is 21.6 Å². The van der Waals surface area contributed by atoms with Gasteiger partial charge in [0.2, 0.25) is 0 Å². The normalized spacial score (nSPS) is 19.3. The van der Waals surface area contributed by atoms with Gasteiger partial charge >= 0.3 is 0 Å². The maximum atomic E-state index is 15.5. The van der Waals surface area contributed by atoms with Crippen molar-refractivity contribution in [2.24, 2.45) is 5.41 Å². The van der Waals surface area contributed by atoms with Gasteiger partial charge in [-0.1, -0.05) is 43.2 Å². The highest BCUT2D eigenvalue weighted by Gasteiger charge is 2.33. The van der Waals surface area contributed by atoms with Crippen molar-refractivity contribution in [3.05, 3.63) is 139 Å². The number of hydrogen-bond acceptors (Lipinski definition) is 13. The summed E-state index contributed by atoms with van der Waals surface area (Å²) < 4.78 is 51.4. The van der Waals surface area contributed by atoms with Gasteiger partial charge in [-0.05, 0) is 90.8 Å². The number of aromatic amines is 1. The van der Waals surface area contributed by atoms with E-state index in [0.717, 1.165) is 56.7 Å². The Labute approximate surface area is 402 Å². The lowest BCUT2D eigenvalue weighted by molar-refractivity contribution is -0.384. The first-order valence-corrected chi connectivity index (χ1v) is 25.3. The van der Waals surface area contributed by atoms with E-state index in [1.807, 2.05) is 27.1 Å². The molecule has 68 heavy (non-hydrogen) atoms. The number of aromatic nitrogens is 2. The van der Waals surface area contributed by atoms with Crippen LogP contribution in [0.25, 0.3) is 16.5 Å². The Bertz CT molecular complexity index is 2980. The predicted molar refractivity (Wildman–Crippen MR) is 263 cm³/mol. The number of carbonyl (C=O) groups is 1. The molecule has 356 valence electrons. The molecular formula is C49H52ClFN8O7S2. The molecule has 0 unspecified atom stereocenters. The second-order valence-corrected chi connectivity index (χ2v) is 21.4. The zero-order valence-electron chi connectivity index (χ0n) is 37.6. The fourth-order valence-corrected chi connectivity index (χ4v) is 11.0. The molecule has 4 aromatic carbocycles. The summed E-state index contributed by atoms with van der Waals surface area (Å²) in [5, 5.41) is 29.6. The number of allylic oxidation sites excluding steroid dienone is 1. The maximum absolute atomic E-state index is 15.5. The van der Waals surface area contributed by atoms with Crippen LogP contribution in [-0.2, 0) is 16.6 Å². The molecule has 2 aromatic heterocycles. The first-order chi connectivity index (χ1) is 32.6. The summed E-state index contributed by atoms with van der Waals surface area (Å²) in [5.41, 5.74) is 7.32. The van der Waals surface area contributed by atoms with Gasteiger partial charge in [-0.15, -0.1) is 11.3 Å². The minimum absolute atomic E-state index is 0.0172. The van der Waals surface area contributed by atoms with Crippen molar-refractivity contribution in [2.45, 2.75) is 63.1 Å². The molecule has 19 heteroatoms. The number of amides is 1. The first kappa shape index (κ1) is 47.2. The molecule has 9 rings (SSSR count). The van der Waals surface area contributed by atoms with Gasteiger partial charge in [0.1, 0.15) is 11.4 Å². The third kappa shape index (κ3) is 10.7. The van der Waals surface area contributed by atoms with Crippen molar-refractivity contribution in [1.82, 2.24) is 24.5 Å². The average Bonchev–Trinajstić information content (AvgIpc) is 4.00. The van der Waals surface area contributed by atoms with E-state index >= 15 is 4.39 Å². The van der Waals surface area contributed by atoms with Crippen LogP contribution in [0.15, 0.2) is 106 Å². The van der Waals surface area contributed by atoms with Gasteiger partial charge in [0.15, 0.2) is 11.6 Å². The number of piperidine rings is 1. The molecule has 0 saturated carbocycles. The van der Waals surface area contributed by atoms with Gasteiger partial charge in [0.05, 0.1) is 38.7 Å². The Morgan fingerprint density at radius 3 is 2.54 bits per heavy atom. The Morgan fingerprint density at radius 1 is 1.01 bits per heavy atom. The number of fused-ring (bicyclic) bond motifs is 1. The third-order valence-electron chi connectivity index (χ3n) is 13.1. The van der Waals surface area contributed by atoms with Crippen molar-refractivity contribution in [3.63, 3.8) is 0 Å². The smallest absolute Gasteiger partial charge is 0.293 e. The first-order valence-electron chi connectivity index (χ1n) is 22.5. The highest BCUT2D eigenvalue weighted by atomic mass is 35.5. The van der Waals surface area contributed by atoms with Crippen LogP contribution in [0, 0.1) is 21.3 Å². The number of anilines is 2. The summed E-state index contributed by atoms with van der Waals surface area (Å²) in [6.45, 7) is 9.73. The number of sulfonamides is 1. The predicted octanol–water partition coefficient (Wildman–Crippen LogP) is 9.07. The number of thiazole rings is 1. The Hall–Kier alpha value is -5.89. The van der Waals surface area contributed by atoms with E-state index in [9.17, 15) is 28.4 Å². The molecule has 4 heterocycles. The number of ether oxygens (including phenoxy) is 1. The number of nitro benzene ring substituents is 1. The average molecular weight is 984 g/mol. The number of hydrogen-bond donors (Lipinski definition) is 4. The number of H-pyrrole nitrogens is 1. The molecule has 2 aliphatic heterocycles. The van der Waals surface area contributed by atoms with Crippen LogP contribution in [0.4, 0.5) is 21.5 Å². The largest absolute Gasteiger partial charge is 0.453 e. The minimum Gasteiger partial charge on any atom is -0.453 e. The topological polar surface area (TPSA) is 186 Å².